The van der Waals surface area contributed by atoms with Crippen molar-refractivity contribution >= 4 is 22.9 Å². The normalized spacial score (nSPS) is 10.7. The van der Waals surface area contributed by atoms with E-state index in [2.05, 4.69) is 15.3 Å². The lowest BCUT2D eigenvalue weighted by Gasteiger charge is -2.06. The third kappa shape index (κ3) is 4.30. The van der Waals surface area contributed by atoms with Crippen molar-refractivity contribution in [2.45, 2.75) is 12.8 Å². The number of carbonyl (C=O) groups is 1. The zero-order chi connectivity index (χ0) is 18.5. The molecule has 2 aromatic carbocycles. The molecule has 0 unspecified atom stereocenters. The highest BCUT2D eigenvalue weighted by Crippen LogP contribution is 2.24. The Bertz CT molecular complexity index is 1030. The standard InChI is InChI=1S/C21H17N3O2S/c25-19(24-17-8-4-7-16(13-17)21-22-11-12-27-21)9-10-20-23-14-18(26-20)15-5-2-1-3-6-15/h1-8,11-14H,9-10H2,(H,24,25). The second-order valence-corrected chi connectivity index (χ2v) is 6.85. The van der Waals surface area contributed by atoms with Gasteiger partial charge in [-0.3, -0.25) is 4.79 Å². The zero-order valence-corrected chi connectivity index (χ0v) is 15.3. The van der Waals surface area contributed by atoms with Crippen LogP contribution in [0.4, 0.5) is 5.69 Å². The molecule has 0 atom stereocenters. The van der Waals surface area contributed by atoms with Crippen LogP contribution in [0.5, 0.6) is 0 Å². The van der Waals surface area contributed by atoms with Gasteiger partial charge in [-0.1, -0.05) is 42.5 Å². The fraction of sp³-hybridized carbons (Fsp3) is 0.0952. The summed E-state index contributed by atoms with van der Waals surface area (Å²) in [7, 11) is 0. The number of nitrogens with zero attached hydrogens (tertiary/aromatic N) is 2. The van der Waals surface area contributed by atoms with Gasteiger partial charge in [0.15, 0.2) is 11.7 Å². The van der Waals surface area contributed by atoms with E-state index in [9.17, 15) is 4.79 Å². The lowest BCUT2D eigenvalue weighted by molar-refractivity contribution is -0.116. The number of thiazole rings is 1. The van der Waals surface area contributed by atoms with E-state index in [1.165, 1.54) is 0 Å². The second-order valence-electron chi connectivity index (χ2n) is 5.95. The van der Waals surface area contributed by atoms with Gasteiger partial charge >= 0.3 is 0 Å². The first kappa shape index (κ1) is 17.2. The molecule has 134 valence electrons. The zero-order valence-electron chi connectivity index (χ0n) is 14.5. The van der Waals surface area contributed by atoms with Gasteiger partial charge in [0.05, 0.1) is 6.20 Å². The molecule has 5 nitrogen and oxygen atoms in total. The minimum atomic E-state index is -0.0780. The maximum atomic E-state index is 12.3. The van der Waals surface area contributed by atoms with Crippen molar-refractivity contribution in [1.29, 1.82) is 0 Å². The molecule has 2 heterocycles. The van der Waals surface area contributed by atoms with Gasteiger partial charge in [-0.2, -0.15) is 0 Å². The maximum absolute atomic E-state index is 12.3. The minimum absolute atomic E-state index is 0.0780. The first-order chi connectivity index (χ1) is 13.3. The Kier molecular flexibility index (Phi) is 5.07. The number of hydrogen-bond donors (Lipinski definition) is 1. The van der Waals surface area contributed by atoms with Crippen LogP contribution in [-0.4, -0.2) is 15.9 Å². The molecule has 2 aromatic heterocycles. The Balaban J connectivity index is 1.35. The highest BCUT2D eigenvalue weighted by molar-refractivity contribution is 7.13. The number of aromatic nitrogens is 2. The Morgan fingerprint density at radius 2 is 1.89 bits per heavy atom. The average molecular weight is 375 g/mol. The van der Waals surface area contributed by atoms with Crippen LogP contribution < -0.4 is 5.32 Å². The first-order valence-corrected chi connectivity index (χ1v) is 9.46. The highest BCUT2D eigenvalue weighted by Gasteiger charge is 2.10. The Morgan fingerprint density at radius 1 is 1.04 bits per heavy atom. The SMILES string of the molecule is O=C(CCc1ncc(-c2ccccc2)o1)Nc1cccc(-c2nccs2)c1. The second kappa shape index (κ2) is 7.97. The van der Waals surface area contributed by atoms with Crippen LogP contribution in [0.3, 0.4) is 0 Å². The summed E-state index contributed by atoms with van der Waals surface area (Å²) in [5.74, 6) is 1.19. The number of benzene rings is 2. The molecular formula is C21H17N3O2S. The van der Waals surface area contributed by atoms with Crippen LogP contribution in [-0.2, 0) is 11.2 Å². The number of aryl methyl sites for hydroxylation is 1. The van der Waals surface area contributed by atoms with Crippen molar-refractivity contribution < 1.29 is 9.21 Å². The number of oxazole rings is 1. The fourth-order valence-corrected chi connectivity index (χ4v) is 3.34. The van der Waals surface area contributed by atoms with Crippen LogP contribution in [0.15, 0.2) is 76.8 Å². The molecule has 1 amide bonds. The number of anilines is 1. The molecule has 0 aliphatic heterocycles. The average Bonchev–Trinajstić information content (AvgIpc) is 3.40. The topological polar surface area (TPSA) is 68.0 Å². The molecule has 0 bridgehead atoms. The van der Waals surface area contributed by atoms with E-state index in [0.717, 1.165) is 21.8 Å². The third-order valence-corrected chi connectivity index (χ3v) is 4.83. The van der Waals surface area contributed by atoms with Crippen LogP contribution in [0.25, 0.3) is 21.9 Å². The van der Waals surface area contributed by atoms with E-state index in [1.54, 1.807) is 23.7 Å². The van der Waals surface area contributed by atoms with Crippen molar-refractivity contribution in [2.75, 3.05) is 5.32 Å². The lowest BCUT2D eigenvalue weighted by atomic mass is 10.2. The molecule has 0 saturated heterocycles. The summed E-state index contributed by atoms with van der Waals surface area (Å²) in [6, 6.07) is 17.5. The summed E-state index contributed by atoms with van der Waals surface area (Å²) in [6.45, 7) is 0. The minimum Gasteiger partial charge on any atom is -0.441 e. The molecular weight excluding hydrogens is 358 g/mol. The summed E-state index contributed by atoms with van der Waals surface area (Å²) in [6.07, 6.45) is 4.21. The first-order valence-electron chi connectivity index (χ1n) is 8.58. The van der Waals surface area contributed by atoms with Crippen molar-refractivity contribution in [1.82, 2.24) is 9.97 Å². The Morgan fingerprint density at radius 3 is 2.70 bits per heavy atom. The largest absolute Gasteiger partial charge is 0.441 e. The summed E-state index contributed by atoms with van der Waals surface area (Å²) in [5.41, 5.74) is 2.72. The van der Waals surface area contributed by atoms with Gasteiger partial charge in [0, 0.05) is 41.2 Å². The monoisotopic (exact) mass is 375 g/mol. The van der Waals surface area contributed by atoms with E-state index in [-0.39, 0.29) is 5.91 Å². The van der Waals surface area contributed by atoms with Gasteiger partial charge in [-0.05, 0) is 12.1 Å². The third-order valence-electron chi connectivity index (χ3n) is 4.00. The molecule has 0 saturated carbocycles. The molecule has 0 aliphatic rings. The summed E-state index contributed by atoms with van der Waals surface area (Å²) >= 11 is 1.57. The molecule has 1 N–H and O–H groups in total. The molecule has 0 fully saturated rings. The van der Waals surface area contributed by atoms with E-state index < -0.39 is 0 Å². The number of hydrogen-bond acceptors (Lipinski definition) is 5. The number of rotatable bonds is 6. The van der Waals surface area contributed by atoms with E-state index in [4.69, 9.17) is 4.42 Å². The van der Waals surface area contributed by atoms with Crippen LogP contribution >= 0.6 is 11.3 Å². The molecule has 27 heavy (non-hydrogen) atoms. The maximum Gasteiger partial charge on any atom is 0.224 e. The summed E-state index contributed by atoms with van der Waals surface area (Å²) in [4.78, 5) is 20.8. The predicted molar refractivity (Wildman–Crippen MR) is 106 cm³/mol. The molecule has 4 rings (SSSR count). The van der Waals surface area contributed by atoms with Gasteiger partial charge in [-0.25, -0.2) is 9.97 Å². The quantitative estimate of drug-likeness (QED) is 0.513. The molecule has 4 aromatic rings. The molecule has 0 radical (unpaired) electrons. The number of nitrogens with one attached hydrogen (secondary N) is 1. The van der Waals surface area contributed by atoms with Gasteiger partial charge in [0.25, 0.3) is 0 Å². The van der Waals surface area contributed by atoms with Crippen molar-refractivity contribution in [3.05, 3.63) is 78.3 Å². The van der Waals surface area contributed by atoms with Gasteiger partial charge in [-0.15, -0.1) is 11.3 Å². The van der Waals surface area contributed by atoms with E-state index in [0.29, 0.717) is 24.5 Å². The fourth-order valence-electron chi connectivity index (χ4n) is 2.70. The predicted octanol–water partition coefficient (Wildman–Crippen LogP) is 5.04. The van der Waals surface area contributed by atoms with Crippen molar-refractivity contribution in [3.63, 3.8) is 0 Å². The highest BCUT2D eigenvalue weighted by atomic mass is 32.1. The van der Waals surface area contributed by atoms with Crippen LogP contribution in [0.1, 0.15) is 12.3 Å². The smallest absolute Gasteiger partial charge is 0.224 e. The summed E-state index contributed by atoms with van der Waals surface area (Å²) < 4.78 is 5.74. The number of amides is 1. The van der Waals surface area contributed by atoms with Crippen molar-refractivity contribution in [3.8, 4) is 21.9 Å². The van der Waals surface area contributed by atoms with Gasteiger partial charge in [0.1, 0.15) is 5.01 Å². The molecule has 6 heteroatoms. The van der Waals surface area contributed by atoms with Gasteiger partial charge < -0.3 is 9.73 Å². The van der Waals surface area contributed by atoms with Crippen LogP contribution in [0, 0.1) is 0 Å². The summed E-state index contributed by atoms with van der Waals surface area (Å²) in [5, 5.41) is 5.78. The van der Waals surface area contributed by atoms with E-state index in [1.807, 2.05) is 60.0 Å². The molecule has 0 aliphatic carbocycles. The Labute approximate surface area is 160 Å². The lowest BCUT2D eigenvalue weighted by Crippen LogP contribution is -2.12. The van der Waals surface area contributed by atoms with Crippen molar-refractivity contribution in [2.24, 2.45) is 0 Å². The van der Waals surface area contributed by atoms with Gasteiger partial charge in [0.2, 0.25) is 5.91 Å². The Hall–Kier alpha value is -3.25. The van der Waals surface area contributed by atoms with Crippen LogP contribution in [0.2, 0.25) is 0 Å². The number of carbonyl (C=O) groups excluding carboxylic acids is 1. The molecule has 0 spiro atoms. The van der Waals surface area contributed by atoms with E-state index >= 15 is 0 Å².